The molecule has 2 N–H and O–H groups in total. The Labute approximate surface area is 160 Å². The van der Waals surface area contributed by atoms with Crippen LogP contribution in [0.2, 0.25) is 0 Å². The van der Waals surface area contributed by atoms with Crippen LogP contribution >= 0.6 is 0 Å². The summed E-state index contributed by atoms with van der Waals surface area (Å²) in [5, 5.41) is 3.49. The predicted molar refractivity (Wildman–Crippen MR) is 102 cm³/mol. The molecule has 0 aliphatic carbocycles. The number of amides is 1. The van der Waals surface area contributed by atoms with Gasteiger partial charge in [-0.05, 0) is 66.8 Å². The van der Waals surface area contributed by atoms with Gasteiger partial charge in [0.05, 0.1) is 12.1 Å². The van der Waals surface area contributed by atoms with Crippen LogP contribution in [0.25, 0.3) is 10.9 Å². The fraction of sp³-hybridized carbons (Fsp3) is 0.238. The van der Waals surface area contributed by atoms with E-state index in [4.69, 9.17) is 4.74 Å². The molecule has 7 heteroatoms. The molecular formula is C21H20F2N2O3. The lowest BCUT2D eigenvalue weighted by Gasteiger charge is -2.08. The Morgan fingerprint density at radius 3 is 2.57 bits per heavy atom. The van der Waals surface area contributed by atoms with Crippen LogP contribution in [0, 0.1) is 11.6 Å². The van der Waals surface area contributed by atoms with Crippen molar-refractivity contribution in [3.05, 3.63) is 76.1 Å². The van der Waals surface area contributed by atoms with Gasteiger partial charge < -0.3 is 15.0 Å². The maximum Gasteiger partial charge on any atom is 0.251 e. The van der Waals surface area contributed by atoms with Crippen molar-refractivity contribution in [2.45, 2.75) is 19.3 Å². The molecule has 0 aliphatic rings. The van der Waals surface area contributed by atoms with Crippen molar-refractivity contribution in [3.63, 3.8) is 0 Å². The van der Waals surface area contributed by atoms with Crippen molar-refractivity contribution < 1.29 is 18.3 Å². The molecule has 0 unspecified atom stereocenters. The Kier molecular flexibility index (Phi) is 6.37. The summed E-state index contributed by atoms with van der Waals surface area (Å²) >= 11 is 0. The average Bonchev–Trinajstić information content (AvgIpc) is 2.67. The molecule has 0 saturated carbocycles. The standard InChI is InChI=1S/C21H20F2N2O3/c22-16-5-7-18(8-6-16)28-11-1-10-24-20(26)9-3-15-12-14-2-4-17(23)13-19(14)25-21(15)27/h2,4-8,12-13H,1,3,9-11H2,(H,24,26)(H,25,27). The minimum Gasteiger partial charge on any atom is -0.494 e. The van der Waals surface area contributed by atoms with Gasteiger partial charge in [-0.15, -0.1) is 0 Å². The molecule has 0 atom stereocenters. The number of pyridine rings is 1. The number of fused-ring (bicyclic) bond motifs is 1. The molecular weight excluding hydrogens is 366 g/mol. The number of ether oxygens (including phenoxy) is 1. The molecule has 5 nitrogen and oxygen atoms in total. The quantitative estimate of drug-likeness (QED) is 0.584. The van der Waals surface area contributed by atoms with Crippen LogP contribution in [0.4, 0.5) is 8.78 Å². The van der Waals surface area contributed by atoms with E-state index in [0.717, 1.165) is 0 Å². The van der Waals surface area contributed by atoms with E-state index in [0.29, 0.717) is 48.2 Å². The first-order valence-corrected chi connectivity index (χ1v) is 8.98. The maximum atomic E-state index is 13.2. The van der Waals surface area contributed by atoms with Crippen LogP contribution in [0.5, 0.6) is 5.75 Å². The summed E-state index contributed by atoms with van der Waals surface area (Å²) in [5.41, 5.74) is 0.590. The molecule has 2 aromatic carbocycles. The second-order valence-electron chi connectivity index (χ2n) is 6.36. The Hall–Kier alpha value is -3.22. The van der Waals surface area contributed by atoms with Crippen molar-refractivity contribution in [2.75, 3.05) is 13.2 Å². The molecule has 0 radical (unpaired) electrons. The van der Waals surface area contributed by atoms with Crippen LogP contribution < -0.4 is 15.6 Å². The number of aryl methyl sites for hydroxylation is 1. The second kappa shape index (κ2) is 9.12. The van der Waals surface area contributed by atoms with E-state index in [1.807, 2.05) is 0 Å². The van der Waals surface area contributed by atoms with Crippen LogP contribution in [0.3, 0.4) is 0 Å². The Morgan fingerprint density at radius 2 is 1.79 bits per heavy atom. The number of aromatic amines is 1. The summed E-state index contributed by atoms with van der Waals surface area (Å²) in [4.78, 5) is 26.6. The van der Waals surface area contributed by atoms with Crippen LogP contribution in [-0.4, -0.2) is 24.0 Å². The summed E-state index contributed by atoms with van der Waals surface area (Å²) in [6.07, 6.45) is 1.07. The number of rotatable bonds is 8. The van der Waals surface area contributed by atoms with E-state index < -0.39 is 5.82 Å². The number of hydrogen-bond acceptors (Lipinski definition) is 3. The SMILES string of the molecule is O=C(CCc1cc2ccc(F)cc2[nH]c1=O)NCCCOc1ccc(F)cc1. The van der Waals surface area contributed by atoms with Crippen molar-refractivity contribution in [1.82, 2.24) is 10.3 Å². The highest BCUT2D eigenvalue weighted by atomic mass is 19.1. The van der Waals surface area contributed by atoms with E-state index in [1.165, 1.54) is 24.3 Å². The van der Waals surface area contributed by atoms with Gasteiger partial charge in [0.25, 0.3) is 5.56 Å². The first kappa shape index (κ1) is 19.5. The first-order chi connectivity index (χ1) is 13.5. The highest BCUT2D eigenvalue weighted by molar-refractivity contribution is 5.79. The van der Waals surface area contributed by atoms with Gasteiger partial charge >= 0.3 is 0 Å². The summed E-state index contributed by atoms with van der Waals surface area (Å²) < 4.78 is 31.4. The van der Waals surface area contributed by atoms with Gasteiger partial charge in [-0.1, -0.05) is 0 Å². The van der Waals surface area contributed by atoms with E-state index in [-0.39, 0.29) is 23.7 Å². The van der Waals surface area contributed by atoms with Gasteiger partial charge in [-0.2, -0.15) is 0 Å². The number of nitrogens with one attached hydrogen (secondary N) is 2. The third-order valence-electron chi connectivity index (χ3n) is 4.23. The number of H-pyrrole nitrogens is 1. The molecule has 1 amide bonds. The van der Waals surface area contributed by atoms with Gasteiger partial charge in [0.1, 0.15) is 17.4 Å². The minimum absolute atomic E-state index is 0.166. The Balaban J connectivity index is 1.41. The largest absolute Gasteiger partial charge is 0.494 e. The van der Waals surface area contributed by atoms with E-state index >= 15 is 0 Å². The van der Waals surface area contributed by atoms with Crippen LogP contribution in [0.1, 0.15) is 18.4 Å². The van der Waals surface area contributed by atoms with Crippen molar-refractivity contribution in [1.29, 1.82) is 0 Å². The number of halogens is 2. The topological polar surface area (TPSA) is 71.2 Å². The molecule has 146 valence electrons. The van der Waals surface area contributed by atoms with E-state index in [1.54, 1.807) is 24.3 Å². The smallest absolute Gasteiger partial charge is 0.251 e. The van der Waals surface area contributed by atoms with Gasteiger partial charge in [0.2, 0.25) is 5.91 Å². The molecule has 28 heavy (non-hydrogen) atoms. The van der Waals surface area contributed by atoms with Crippen molar-refractivity contribution >= 4 is 16.8 Å². The fourth-order valence-corrected chi connectivity index (χ4v) is 2.76. The normalized spacial score (nSPS) is 10.8. The van der Waals surface area contributed by atoms with Gasteiger partial charge in [0, 0.05) is 18.5 Å². The highest BCUT2D eigenvalue weighted by Crippen LogP contribution is 2.13. The third-order valence-corrected chi connectivity index (χ3v) is 4.23. The summed E-state index contributed by atoms with van der Waals surface area (Å²) in [7, 11) is 0. The van der Waals surface area contributed by atoms with Crippen LogP contribution in [0.15, 0.2) is 53.3 Å². The number of carbonyl (C=O) groups is 1. The second-order valence-corrected chi connectivity index (χ2v) is 6.36. The number of benzene rings is 2. The zero-order valence-electron chi connectivity index (χ0n) is 15.1. The monoisotopic (exact) mass is 386 g/mol. The van der Waals surface area contributed by atoms with Gasteiger partial charge in [0.15, 0.2) is 0 Å². The van der Waals surface area contributed by atoms with Gasteiger partial charge in [-0.3, -0.25) is 9.59 Å². The van der Waals surface area contributed by atoms with E-state index in [9.17, 15) is 18.4 Å². The lowest BCUT2D eigenvalue weighted by atomic mass is 10.1. The molecule has 0 bridgehead atoms. The summed E-state index contributed by atoms with van der Waals surface area (Å²) in [5.74, 6) is -0.334. The number of hydrogen-bond donors (Lipinski definition) is 2. The van der Waals surface area contributed by atoms with E-state index in [2.05, 4.69) is 10.3 Å². The van der Waals surface area contributed by atoms with Crippen LogP contribution in [-0.2, 0) is 11.2 Å². The molecule has 3 aromatic rings. The maximum absolute atomic E-state index is 13.2. The van der Waals surface area contributed by atoms with Crippen molar-refractivity contribution in [3.8, 4) is 5.75 Å². The predicted octanol–water partition coefficient (Wildman–Crippen LogP) is 3.32. The zero-order chi connectivity index (χ0) is 19.9. The summed E-state index contributed by atoms with van der Waals surface area (Å²) in [6.45, 7) is 0.834. The molecule has 0 saturated heterocycles. The van der Waals surface area contributed by atoms with Crippen molar-refractivity contribution in [2.24, 2.45) is 0 Å². The summed E-state index contributed by atoms with van der Waals surface area (Å²) in [6, 6.07) is 11.6. The highest BCUT2D eigenvalue weighted by Gasteiger charge is 2.07. The Morgan fingerprint density at radius 1 is 1.04 bits per heavy atom. The lowest BCUT2D eigenvalue weighted by molar-refractivity contribution is -0.121. The molecule has 0 fully saturated rings. The Bertz CT molecular complexity index is 1020. The molecule has 1 aromatic heterocycles. The third kappa shape index (κ3) is 5.39. The molecule has 3 rings (SSSR count). The minimum atomic E-state index is -0.418. The molecule has 1 heterocycles. The van der Waals surface area contributed by atoms with Gasteiger partial charge in [-0.25, -0.2) is 8.78 Å². The lowest BCUT2D eigenvalue weighted by Crippen LogP contribution is -2.26. The zero-order valence-corrected chi connectivity index (χ0v) is 15.1. The fourth-order valence-electron chi connectivity index (χ4n) is 2.76. The first-order valence-electron chi connectivity index (χ1n) is 8.98. The number of aromatic nitrogens is 1. The molecule has 0 spiro atoms. The average molecular weight is 386 g/mol. The molecule has 0 aliphatic heterocycles. The number of carbonyl (C=O) groups excluding carboxylic acids is 1.